The van der Waals surface area contributed by atoms with E-state index in [1.807, 2.05) is 12.1 Å². The number of rotatable bonds is 6. The molecule has 2 rings (SSSR count). The monoisotopic (exact) mass is 231 g/mol. The normalized spacial score (nSPS) is 11.1. The van der Waals surface area contributed by atoms with Gasteiger partial charge in [-0.3, -0.25) is 0 Å². The van der Waals surface area contributed by atoms with E-state index in [9.17, 15) is 5.11 Å². The van der Waals surface area contributed by atoms with E-state index in [-0.39, 0.29) is 0 Å². The van der Waals surface area contributed by atoms with Crippen molar-refractivity contribution >= 4 is 10.9 Å². The van der Waals surface area contributed by atoms with Gasteiger partial charge < -0.3 is 9.67 Å². The fourth-order valence-corrected chi connectivity index (χ4v) is 2.27. The summed E-state index contributed by atoms with van der Waals surface area (Å²) in [6, 6.07) is 7.65. The van der Waals surface area contributed by atoms with Gasteiger partial charge in [0.1, 0.15) is 5.75 Å². The third-order valence-electron chi connectivity index (χ3n) is 3.26. The third kappa shape index (κ3) is 3.02. The zero-order valence-corrected chi connectivity index (χ0v) is 10.5. The highest BCUT2D eigenvalue weighted by Crippen LogP contribution is 2.21. The lowest BCUT2D eigenvalue weighted by Gasteiger charge is -2.05. The number of hydrogen-bond donors (Lipinski definition) is 1. The summed E-state index contributed by atoms with van der Waals surface area (Å²) in [5.41, 5.74) is 1.22. The van der Waals surface area contributed by atoms with Crippen LogP contribution in [0.2, 0.25) is 0 Å². The topological polar surface area (TPSA) is 25.2 Å². The summed E-state index contributed by atoms with van der Waals surface area (Å²) in [5.74, 6) is 0.346. The van der Waals surface area contributed by atoms with E-state index in [0.29, 0.717) is 5.75 Å². The van der Waals surface area contributed by atoms with Gasteiger partial charge in [-0.1, -0.05) is 32.6 Å². The van der Waals surface area contributed by atoms with Gasteiger partial charge in [-0.05, 0) is 30.7 Å². The molecule has 92 valence electrons. The fraction of sp³-hybridized carbons (Fsp3) is 0.467. The number of benzene rings is 1. The average molecular weight is 231 g/mol. The molecule has 0 unspecified atom stereocenters. The Balaban J connectivity index is 1.95. The molecule has 0 radical (unpaired) electrons. The second kappa shape index (κ2) is 5.76. The highest BCUT2D eigenvalue weighted by atomic mass is 16.3. The summed E-state index contributed by atoms with van der Waals surface area (Å²) in [4.78, 5) is 0. The lowest BCUT2D eigenvalue weighted by molar-refractivity contribution is 0.476. The van der Waals surface area contributed by atoms with Crippen LogP contribution < -0.4 is 0 Å². The molecule has 1 heterocycles. The summed E-state index contributed by atoms with van der Waals surface area (Å²) in [6.45, 7) is 3.32. The minimum atomic E-state index is 0.346. The maximum Gasteiger partial charge on any atom is 0.116 e. The van der Waals surface area contributed by atoms with E-state index < -0.39 is 0 Å². The summed E-state index contributed by atoms with van der Waals surface area (Å²) < 4.78 is 2.28. The Morgan fingerprint density at radius 1 is 1.06 bits per heavy atom. The van der Waals surface area contributed by atoms with Crippen molar-refractivity contribution in [1.29, 1.82) is 0 Å². The highest BCUT2D eigenvalue weighted by molar-refractivity contribution is 5.81. The molecule has 0 saturated heterocycles. The van der Waals surface area contributed by atoms with Gasteiger partial charge in [0, 0.05) is 23.6 Å². The lowest BCUT2D eigenvalue weighted by Crippen LogP contribution is -1.95. The standard InChI is InChI=1S/C15H21NO/c1-2-3-4-5-6-10-16-11-9-13-12-14(17)7-8-15(13)16/h7-9,11-12,17H,2-6,10H2,1H3. The van der Waals surface area contributed by atoms with E-state index in [4.69, 9.17) is 0 Å². The maximum absolute atomic E-state index is 9.40. The number of fused-ring (bicyclic) bond motifs is 1. The first kappa shape index (κ1) is 12.0. The van der Waals surface area contributed by atoms with Crippen LogP contribution in [0.3, 0.4) is 0 Å². The number of aryl methyl sites for hydroxylation is 1. The zero-order chi connectivity index (χ0) is 12.1. The van der Waals surface area contributed by atoms with E-state index in [0.717, 1.165) is 11.9 Å². The molecule has 0 spiro atoms. The Morgan fingerprint density at radius 3 is 2.71 bits per heavy atom. The second-order valence-electron chi connectivity index (χ2n) is 4.67. The number of phenolic OH excluding ortho intramolecular Hbond substituents is 1. The van der Waals surface area contributed by atoms with Crippen LogP contribution in [-0.4, -0.2) is 9.67 Å². The Hall–Kier alpha value is -1.44. The highest BCUT2D eigenvalue weighted by Gasteiger charge is 2.01. The lowest BCUT2D eigenvalue weighted by atomic mass is 10.1. The largest absolute Gasteiger partial charge is 0.508 e. The number of aromatic nitrogens is 1. The molecule has 0 bridgehead atoms. The Kier molecular flexibility index (Phi) is 4.08. The summed E-state index contributed by atoms with van der Waals surface area (Å²) in [5, 5.41) is 10.5. The van der Waals surface area contributed by atoms with Crippen molar-refractivity contribution in [2.45, 2.75) is 45.6 Å². The Bertz CT molecular complexity index is 473. The molecule has 0 atom stereocenters. The summed E-state index contributed by atoms with van der Waals surface area (Å²) >= 11 is 0. The van der Waals surface area contributed by atoms with Gasteiger partial charge in [-0.15, -0.1) is 0 Å². The van der Waals surface area contributed by atoms with E-state index >= 15 is 0 Å². The molecule has 1 N–H and O–H groups in total. The van der Waals surface area contributed by atoms with Crippen molar-refractivity contribution in [3.05, 3.63) is 30.5 Å². The maximum atomic E-state index is 9.40. The molecule has 0 aliphatic heterocycles. The predicted molar refractivity (Wildman–Crippen MR) is 72.4 cm³/mol. The first-order valence-electron chi connectivity index (χ1n) is 6.59. The second-order valence-corrected chi connectivity index (χ2v) is 4.67. The van der Waals surface area contributed by atoms with Crippen LogP contribution >= 0.6 is 0 Å². The first-order chi connectivity index (χ1) is 8.31. The summed E-state index contributed by atoms with van der Waals surface area (Å²) in [6.07, 6.45) is 8.66. The molecule has 0 fully saturated rings. The Labute approximate surface area is 103 Å². The number of nitrogens with zero attached hydrogens (tertiary/aromatic N) is 1. The zero-order valence-electron chi connectivity index (χ0n) is 10.5. The minimum Gasteiger partial charge on any atom is -0.508 e. The van der Waals surface area contributed by atoms with Gasteiger partial charge in [0.25, 0.3) is 0 Å². The van der Waals surface area contributed by atoms with Crippen LogP contribution in [0.4, 0.5) is 0 Å². The van der Waals surface area contributed by atoms with E-state index in [2.05, 4.69) is 23.8 Å². The van der Waals surface area contributed by atoms with E-state index in [1.165, 1.54) is 37.6 Å². The number of unbranched alkanes of at least 4 members (excludes halogenated alkanes) is 4. The molecule has 0 aliphatic carbocycles. The number of phenols is 1. The molecule has 0 aliphatic rings. The third-order valence-corrected chi connectivity index (χ3v) is 3.26. The molecule has 17 heavy (non-hydrogen) atoms. The van der Waals surface area contributed by atoms with Gasteiger partial charge in [0.15, 0.2) is 0 Å². The van der Waals surface area contributed by atoms with Crippen molar-refractivity contribution in [2.75, 3.05) is 0 Å². The SMILES string of the molecule is CCCCCCCn1ccc2cc(O)ccc21. The molecular formula is C15H21NO. The number of aromatic hydroxyl groups is 1. The molecule has 0 amide bonds. The molecule has 2 aromatic rings. The molecule has 2 nitrogen and oxygen atoms in total. The quantitative estimate of drug-likeness (QED) is 0.736. The van der Waals surface area contributed by atoms with Gasteiger partial charge in [-0.25, -0.2) is 0 Å². The predicted octanol–water partition coefficient (Wildman–Crippen LogP) is 4.32. The molecule has 1 aromatic heterocycles. The van der Waals surface area contributed by atoms with E-state index in [1.54, 1.807) is 6.07 Å². The Morgan fingerprint density at radius 2 is 1.88 bits per heavy atom. The van der Waals surface area contributed by atoms with Crippen molar-refractivity contribution in [1.82, 2.24) is 4.57 Å². The van der Waals surface area contributed by atoms with Crippen LogP contribution in [0, 0.1) is 0 Å². The minimum absolute atomic E-state index is 0.346. The van der Waals surface area contributed by atoms with Gasteiger partial charge >= 0.3 is 0 Å². The van der Waals surface area contributed by atoms with Crippen molar-refractivity contribution < 1.29 is 5.11 Å². The molecule has 2 heteroatoms. The van der Waals surface area contributed by atoms with Crippen molar-refractivity contribution in [3.63, 3.8) is 0 Å². The van der Waals surface area contributed by atoms with Crippen LogP contribution in [-0.2, 0) is 6.54 Å². The van der Waals surface area contributed by atoms with Crippen molar-refractivity contribution in [2.24, 2.45) is 0 Å². The first-order valence-corrected chi connectivity index (χ1v) is 6.59. The molecular weight excluding hydrogens is 210 g/mol. The van der Waals surface area contributed by atoms with Crippen LogP contribution in [0.15, 0.2) is 30.5 Å². The van der Waals surface area contributed by atoms with Crippen molar-refractivity contribution in [3.8, 4) is 5.75 Å². The average Bonchev–Trinajstić information content (AvgIpc) is 2.71. The smallest absolute Gasteiger partial charge is 0.116 e. The van der Waals surface area contributed by atoms with Gasteiger partial charge in [0.2, 0.25) is 0 Å². The molecule has 1 aromatic carbocycles. The summed E-state index contributed by atoms with van der Waals surface area (Å²) in [7, 11) is 0. The van der Waals surface area contributed by atoms with Crippen LogP contribution in [0.25, 0.3) is 10.9 Å². The number of hydrogen-bond acceptors (Lipinski definition) is 1. The van der Waals surface area contributed by atoms with Gasteiger partial charge in [0.05, 0.1) is 0 Å². The van der Waals surface area contributed by atoms with Crippen LogP contribution in [0.1, 0.15) is 39.0 Å². The fourth-order valence-electron chi connectivity index (χ4n) is 2.27. The molecule has 0 saturated carbocycles. The van der Waals surface area contributed by atoms with Gasteiger partial charge in [-0.2, -0.15) is 0 Å². The van der Waals surface area contributed by atoms with Crippen LogP contribution in [0.5, 0.6) is 5.75 Å².